The molecule has 0 unspecified atom stereocenters. The maximum Gasteiger partial charge on any atom is 0.297 e. The highest BCUT2D eigenvalue weighted by Crippen LogP contribution is 2.25. The van der Waals surface area contributed by atoms with Gasteiger partial charge in [-0.2, -0.15) is 0 Å². The van der Waals surface area contributed by atoms with Gasteiger partial charge in [0.1, 0.15) is 0 Å². The molecule has 0 saturated carbocycles. The molecule has 2 aliphatic heterocycles. The van der Waals surface area contributed by atoms with E-state index in [4.69, 9.17) is 0 Å². The molecule has 22 heavy (non-hydrogen) atoms. The predicted molar refractivity (Wildman–Crippen MR) is 77.8 cm³/mol. The minimum absolute atomic E-state index is 0. The Hall–Kier alpha value is -1.28. The van der Waals surface area contributed by atoms with Crippen LogP contribution >= 0.6 is 12.4 Å². The van der Waals surface area contributed by atoms with Crippen LogP contribution in [0.15, 0.2) is 0 Å². The van der Waals surface area contributed by atoms with Crippen molar-refractivity contribution in [3.63, 3.8) is 0 Å². The van der Waals surface area contributed by atoms with E-state index < -0.39 is 6.43 Å². The molecule has 3 heterocycles. The van der Waals surface area contributed by atoms with E-state index in [1.165, 1.54) is 4.57 Å². The molecule has 6 nitrogen and oxygen atoms in total. The van der Waals surface area contributed by atoms with Crippen molar-refractivity contribution in [2.24, 2.45) is 11.8 Å². The molecule has 124 valence electrons. The van der Waals surface area contributed by atoms with Crippen LogP contribution in [0.3, 0.4) is 0 Å². The minimum Gasteiger partial charge on any atom is -0.333 e. The first kappa shape index (κ1) is 17.1. The number of nitrogens with zero attached hydrogens (tertiary/aromatic N) is 4. The molecule has 1 amide bonds. The lowest BCUT2D eigenvalue weighted by Gasteiger charge is -2.35. The van der Waals surface area contributed by atoms with Crippen molar-refractivity contribution in [3.05, 3.63) is 11.6 Å². The van der Waals surface area contributed by atoms with Gasteiger partial charge in [0.2, 0.25) is 5.91 Å². The predicted octanol–water partition coefficient (Wildman–Crippen LogP) is 1.23. The molecule has 0 aromatic carbocycles. The third-order valence-corrected chi connectivity index (χ3v) is 4.39. The third kappa shape index (κ3) is 3.08. The fraction of sp³-hybridized carbons (Fsp3) is 0.769. The molecule has 1 aromatic heterocycles. The van der Waals surface area contributed by atoms with E-state index in [0.29, 0.717) is 24.8 Å². The molecule has 2 aliphatic rings. The monoisotopic (exact) mass is 335 g/mol. The van der Waals surface area contributed by atoms with Crippen LogP contribution in [0, 0.1) is 11.8 Å². The number of hydrogen-bond acceptors (Lipinski definition) is 4. The van der Waals surface area contributed by atoms with Crippen LogP contribution in [0.2, 0.25) is 0 Å². The molecular formula is C13H20ClF2N5O. The Morgan fingerprint density at radius 3 is 2.82 bits per heavy atom. The van der Waals surface area contributed by atoms with Crippen molar-refractivity contribution in [1.82, 2.24) is 25.0 Å². The van der Waals surface area contributed by atoms with E-state index in [2.05, 4.69) is 22.4 Å². The van der Waals surface area contributed by atoms with E-state index in [0.717, 1.165) is 19.5 Å². The van der Waals surface area contributed by atoms with Gasteiger partial charge in [-0.3, -0.25) is 4.79 Å². The second kappa shape index (κ2) is 6.87. The second-order valence-corrected chi connectivity index (χ2v) is 5.76. The molecule has 1 fully saturated rings. The summed E-state index contributed by atoms with van der Waals surface area (Å²) in [5, 5.41) is 10.6. The number of nitrogens with one attached hydrogen (secondary N) is 1. The fourth-order valence-electron chi connectivity index (χ4n) is 3.15. The number of alkyl halides is 2. The molecule has 0 bridgehead atoms. The van der Waals surface area contributed by atoms with Gasteiger partial charge in [0.25, 0.3) is 6.43 Å². The minimum atomic E-state index is -2.63. The van der Waals surface area contributed by atoms with Gasteiger partial charge in [-0.1, -0.05) is 6.92 Å². The van der Waals surface area contributed by atoms with Crippen molar-refractivity contribution in [2.75, 3.05) is 19.6 Å². The van der Waals surface area contributed by atoms with Gasteiger partial charge >= 0.3 is 0 Å². The highest BCUT2D eigenvalue weighted by atomic mass is 35.5. The first-order valence-corrected chi connectivity index (χ1v) is 7.27. The Kier molecular flexibility index (Phi) is 5.33. The molecule has 1 aromatic rings. The lowest BCUT2D eigenvalue weighted by atomic mass is 9.86. The van der Waals surface area contributed by atoms with Crippen LogP contribution in [0.25, 0.3) is 0 Å². The zero-order valence-electron chi connectivity index (χ0n) is 12.3. The highest BCUT2D eigenvalue weighted by molar-refractivity contribution is 5.85. The third-order valence-electron chi connectivity index (χ3n) is 4.39. The largest absolute Gasteiger partial charge is 0.333 e. The van der Waals surface area contributed by atoms with E-state index in [9.17, 15) is 13.6 Å². The zero-order chi connectivity index (χ0) is 15.0. The standard InChI is InChI=1S/C13H19F2N5O.ClH/c1-8-6-16-3-2-9(8)13(21)19-4-5-20-10(7-19)17-18-12(20)11(14)15;/h8-9,11,16H,2-7H2,1H3;1H/t8-,9+;/m1./s1. The SMILES string of the molecule is C[C@@H]1CNCC[C@@H]1C(=O)N1CCn2c(nnc2C(F)F)C1.Cl. The van der Waals surface area contributed by atoms with Crippen molar-refractivity contribution in [2.45, 2.75) is 32.9 Å². The summed E-state index contributed by atoms with van der Waals surface area (Å²) in [5.41, 5.74) is 0. The number of carbonyl (C=O) groups is 1. The smallest absolute Gasteiger partial charge is 0.297 e. The van der Waals surface area contributed by atoms with Crippen LogP contribution in [0.4, 0.5) is 8.78 Å². The van der Waals surface area contributed by atoms with Crippen LogP contribution in [-0.2, 0) is 17.9 Å². The first-order valence-electron chi connectivity index (χ1n) is 7.27. The van der Waals surface area contributed by atoms with Gasteiger partial charge < -0.3 is 14.8 Å². The van der Waals surface area contributed by atoms with Gasteiger partial charge in [-0.15, -0.1) is 22.6 Å². The Labute approximate surface area is 133 Å². The van der Waals surface area contributed by atoms with Gasteiger partial charge in [-0.05, 0) is 25.4 Å². The van der Waals surface area contributed by atoms with Gasteiger partial charge in [0.15, 0.2) is 11.6 Å². The molecule has 1 N–H and O–H groups in total. The normalized spacial score (nSPS) is 24.8. The first-order chi connectivity index (χ1) is 10.1. The van der Waals surface area contributed by atoms with Gasteiger partial charge in [-0.25, -0.2) is 8.78 Å². The molecule has 2 atom stereocenters. The number of piperidine rings is 1. The number of rotatable bonds is 2. The van der Waals surface area contributed by atoms with Crippen LogP contribution < -0.4 is 5.32 Å². The van der Waals surface area contributed by atoms with Crippen LogP contribution in [0.5, 0.6) is 0 Å². The quantitative estimate of drug-likeness (QED) is 0.883. The van der Waals surface area contributed by atoms with Gasteiger partial charge in [0.05, 0.1) is 6.54 Å². The number of halogens is 3. The average molecular weight is 336 g/mol. The van der Waals surface area contributed by atoms with E-state index in [-0.39, 0.29) is 36.6 Å². The van der Waals surface area contributed by atoms with Crippen molar-refractivity contribution in [3.8, 4) is 0 Å². The number of carbonyl (C=O) groups excluding carboxylic acids is 1. The van der Waals surface area contributed by atoms with Crippen LogP contribution in [-0.4, -0.2) is 45.2 Å². The second-order valence-electron chi connectivity index (χ2n) is 5.76. The Bertz CT molecular complexity index is 539. The summed E-state index contributed by atoms with van der Waals surface area (Å²) in [5.74, 6) is 0.564. The highest BCUT2D eigenvalue weighted by Gasteiger charge is 2.34. The van der Waals surface area contributed by atoms with Gasteiger partial charge in [0, 0.05) is 19.0 Å². The summed E-state index contributed by atoms with van der Waals surface area (Å²) in [7, 11) is 0. The summed E-state index contributed by atoms with van der Waals surface area (Å²) in [6.07, 6.45) is -1.80. The van der Waals surface area contributed by atoms with Crippen LogP contribution in [0.1, 0.15) is 31.4 Å². The summed E-state index contributed by atoms with van der Waals surface area (Å²) in [6.45, 7) is 4.81. The van der Waals surface area contributed by atoms with Crippen molar-refractivity contribution < 1.29 is 13.6 Å². The van der Waals surface area contributed by atoms with E-state index in [1.807, 2.05) is 0 Å². The molecule has 0 radical (unpaired) electrons. The number of fused-ring (bicyclic) bond motifs is 1. The summed E-state index contributed by atoms with van der Waals surface area (Å²) in [6, 6.07) is 0. The zero-order valence-corrected chi connectivity index (χ0v) is 13.2. The molecule has 0 spiro atoms. The lowest BCUT2D eigenvalue weighted by Crippen LogP contribution is -2.47. The Morgan fingerprint density at radius 1 is 1.36 bits per heavy atom. The fourth-order valence-corrected chi connectivity index (χ4v) is 3.15. The topological polar surface area (TPSA) is 63.1 Å². The Balaban J connectivity index is 0.00000176. The average Bonchev–Trinajstić information content (AvgIpc) is 2.90. The van der Waals surface area contributed by atoms with Crippen molar-refractivity contribution >= 4 is 18.3 Å². The van der Waals surface area contributed by atoms with Crippen molar-refractivity contribution in [1.29, 1.82) is 0 Å². The lowest BCUT2D eigenvalue weighted by molar-refractivity contribution is -0.139. The Morgan fingerprint density at radius 2 is 2.14 bits per heavy atom. The maximum absolute atomic E-state index is 12.8. The molecular weight excluding hydrogens is 316 g/mol. The summed E-state index contributed by atoms with van der Waals surface area (Å²) in [4.78, 5) is 14.3. The van der Waals surface area contributed by atoms with E-state index >= 15 is 0 Å². The maximum atomic E-state index is 12.8. The number of amides is 1. The molecule has 0 aliphatic carbocycles. The van der Waals surface area contributed by atoms with E-state index in [1.54, 1.807) is 4.90 Å². The summed E-state index contributed by atoms with van der Waals surface area (Å²) < 4.78 is 27.0. The molecule has 1 saturated heterocycles. The molecule has 3 rings (SSSR count). The number of aromatic nitrogens is 3. The molecule has 9 heteroatoms. The summed E-state index contributed by atoms with van der Waals surface area (Å²) >= 11 is 0. The number of hydrogen-bond donors (Lipinski definition) is 1.